The highest BCUT2D eigenvalue weighted by Crippen LogP contribution is 2.20. The molecule has 0 aliphatic rings. The van der Waals surface area contributed by atoms with Gasteiger partial charge in [-0.1, -0.05) is 118 Å². The largest absolute Gasteiger partial charge is 0.491 e. The maximum atomic E-state index is 13.9. The molecule has 0 aliphatic carbocycles. The highest BCUT2D eigenvalue weighted by molar-refractivity contribution is 5.84. The molecule has 0 N–H and O–H groups in total. The van der Waals surface area contributed by atoms with Crippen LogP contribution in [0.25, 0.3) is 0 Å². The Bertz CT molecular complexity index is 1390. The van der Waals surface area contributed by atoms with E-state index in [1.807, 2.05) is 91.0 Å². The van der Waals surface area contributed by atoms with Crippen molar-refractivity contribution in [1.82, 2.24) is 4.90 Å². The van der Waals surface area contributed by atoms with Crippen molar-refractivity contribution in [2.24, 2.45) is 5.92 Å². The van der Waals surface area contributed by atoms with Crippen molar-refractivity contribution in [2.75, 3.05) is 20.3 Å². The second kappa shape index (κ2) is 23.2. The summed E-state index contributed by atoms with van der Waals surface area (Å²) in [6, 6.07) is 26.9. The molecule has 0 unspecified atom stereocenters. The average Bonchev–Trinajstić information content (AvgIpc) is 3.15. The molecule has 270 valence electrons. The molecular weight excluding hydrogens is 626 g/mol. The Morgan fingerprint density at radius 1 is 0.800 bits per heavy atom. The summed E-state index contributed by atoms with van der Waals surface area (Å²) in [5.41, 5.74) is 3.10. The molecule has 7 heteroatoms. The van der Waals surface area contributed by atoms with Gasteiger partial charge in [0.1, 0.15) is 24.5 Å². The quantitative estimate of drug-likeness (QED) is 0.0505. The molecule has 50 heavy (non-hydrogen) atoms. The van der Waals surface area contributed by atoms with Crippen molar-refractivity contribution >= 4 is 11.9 Å². The lowest BCUT2D eigenvalue weighted by atomic mass is 10.0. The van der Waals surface area contributed by atoms with E-state index in [1.165, 1.54) is 0 Å². The van der Waals surface area contributed by atoms with Crippen molar-refractivity contribution in [1.29, 1.82) is 0 Å². The number of carbonyl (C=O) groups excluding carboxylic acids is 2. The van der Waals surface area contributed by atoms with E-state index in [0.717, 1.165) is 48.8 Å². The molecule has 0 spiro atoms. The molecule has 3 rings (SSSR count). The van der Waals surface area contributed by atoms with Crippen molar-refractivity contribution in [3.8, 4) is 5.75 Å². The normalized spacial score (nSPS) is 13.4. The standard InChI is InChI=1S/C43H57NO6/c1-6-17-40(49-33-37-21-13-10-14-22-37)31-38(8-3)50-43(46)41(44(5)42(45)23-16-15-18-34(4)7-2)30-35-24-26-39(27-25-35)48-29-28-47-32-36-19-11-9-12-20-36/h7-14,19-22,24-27,34,38,40-41H,2-3,6,15-18,23,28-33H2,1,4-5H3/t34-,38-,40-,41-/m0/s1. The summed E-state index contributed by atoms with van der Waals surface area (Å²) >= 11 is 0. The Labute approximate surface area is 300 Å². The summed E-state index contributed by atoms with van der Waals surface area (Å²) < 4.78 is 23.9. The van der Waals surface area contributed by atoms with E-state index >= 15 is 0 Å². The van der Waals surface area contributed by atoms with Crippen molar-refractivity contribution in [3.05, 3.63) is 127 Å². The summed E-state index contributed by atoms with van der Waals surface area (Å²) in [5, 5.41) is 0. The van der Waals surface area contributed by atoms with Gasteiger partial charge in [0.05, 0.1) is 25.9 Å². The van der Waals surface area contributed by atoms with E-state index in [1.54, 1.807) is 18.0 Å². The minimum atomic E-state index is -0.801. The van der Waals surface area contributed by atoms with Crippen LogP contribution >= 0.6 is 0 Å². The number of allylic oxidation sites excluding steroid dienone is 1. The van der Waals surface area contributed by atoms with Gasteiger partial charge in [-0.15, -0.1) is 6.58 Å². The molecule has 7 nitrogen and oxygen atoms in total. The van der Waals surface area contributed by atoms with Gasteiger partial charge in [0.15, 0.2) is 0 Å². The molecule has 0 aromatic heterocycles. The highest BCUT2D eigenvalue weighted by atomic mass is 16.5. The zero-order valence-corrected chi connectivity index (χ0v) is 30.3. The van der Waals surface area contributed by atoms with E-state index < -0.39 is 18.1 Å². The Morgan fingerprint density at radius 3 is 2.08 bits per heavy atom. The monoisotopic (exact) mass is 683 g/mol. The smallest absolute Gasteiger partial charge is 0.329 e. The van der Waals surface area contributed by atoms with Gasteiger partial charge in [-0.3, -0.25) is 4.79 Å². The van der Waals surface area contributed by atoms with Gasteiger partial charge in [0.2, 0.25) is 5.91 Å². The van der Waals surface area contributed by atoms with Gasteiger partial charge in [-0.25, -0.2) is 4.79 Å². The fraction of sp³-hybridized carbons (Fsp3) is 0.442. The Balaban J connectivity index is 1.62. The number of hydrogen-bond acceptors (Lipinski definition) is 6. The number of carbonyl (C=O) groups is 2. The van der Waals surface area contributed by atoms with Gasteiger partial charge < -0.3 is 23.8 Å². The molecule has 0 aliphatic heterocycles. The van der Waals surface area contributed by atoms with Crippen LogP contribution in [-0.4, -0.2) is 55.3 Å². The predicted molar refractivity (Wildman–Crippen MR) is 201 cm³/mol. The Kier molecular flexibility index (Phi) is 18.7. The third-order valence-corrected chi connectivity index (χ3v) is 8.76. The van der Waals surface area contributed by atoms with Gasteiger partial charge in [-0.2, -0.15) is 0 Å². The molecule has 4 atom stereocenters. The number of amides is 1. The zero-order chi connectivity index (χ0) is 36.0. The predicted octanol–water partition coefficient (Wildman–Crippen LogP) is 8.91. The summed E-state index contributed by atoms with van der Waals surface area (Å²) in [7, 11) is 1.69. The number of rotatable bonds is 25. The maximum Gasteiger partial charge on any atom is 0.329 e. The fourth-order valence-electron chi connectivity index (χ4n) is 5.58. The number of benzene rings is 3. The van der Waals surface area contributed by atoms with Crippen LogP contribution in [0.1, 0.15) is 75.5 Å². The SMILES string of the molecule is C=C[C@H](C)CCCCC(=O)N(C)[C@@H](Cc1ccc(OCCOCc2ccccc2)cc1)C(=O)O[C@@H](C=C)C[C@H](CCC)OCc1ccccc1. The molecule has 3 aromatic rings. The van der Waals surface area contributed by atoms with Crippen LogP contribution in [0.2, 0.25) is 0 Å². The first kappa shape index (κ1) is 40.2. The molecule has 1 amide bonds. The number of likely N-dealkylation sites (N-methyl/N-ethyl adjacent to an activating group) is 1. The summed E-state index contributed by atoms with van der Waals surface area (Å²) in [4.78, 5) is 28.8. The van der Waals surface area contributed by atoms with E-state index in [4.69, 9.17) is 18.9 Å². The summed E-state index contributed by atoms with van der Waals surface area (Å²) in [6.45, 7) is 13.9. The number of hydrogen-bond donors (Lipinski definition) is 0. The van der Waals surface area contributed by atoms with Crippen LogP contribution in [0.5, 0.6) is 5.75 Å². The van der Waals surface area contributed by atoms with Crippen LogP contribution in [0.3, 0.4) is 0 Å². The Morgan fingerprint density at radius 2 is 1.46 bits per heavy atom. The van der Waals surface area contributed by atoms with Gasteiger partial charge in [0.25, 0.3) is 0 Å². The summed E-state index contributed by atoms with van der Waals surface area (Å²) in [6.07, 6.45) is 8.49. The van der Waals surface area contributed by atoms with Gasteiger partial charge in [0, 0.05) is 26.3 Å². The van der Waals surface area contributed by atoms with Crippen LogP contribution in [0, 0.1) is 5.92 Å². The van der Waals surface area contributed by atoms with E-state index in [2.05, 4.69) is 27.0 Å². The lowest BCUT2D eigenvalue weighted by molar-refractivity contribution is -0.158. The fourth-order valence-corrected chi connectivity index (χ4v) is 5.58. The number of nitrogens with zero attached hydrogens (tertiary/aromatic N) is 1. The van der Waals surface area contributed by atoms with Crippen molar-refractivity contribution in [3.63, 3.8) is 0 Å². The first-order valence-corrected chi connectivity index (χ1v) is 18.0. The molecular formula is C43H57NO6. The third-order valence-electron chi connectivity index (χ3n) is 8.76. The minimum absolute atomic E-state index is 0.0844. The number of ether oxygens (including phenoxy) is 4. The van der Waals surface area contributed by atoms with E-state index in [-0.39, 0.29) is 12.0 Å². The first-order chi connectivity index (χ1) is 24.3. The topological polar surface area (TPSA) is 74.3 Å². The lowest BCUT2D eigenvalue weighted by Gasteiger charge is -2.29. The van der Waals surface area contributed by atoms with Crippen LogP contribution in [0.4, 0.5) is 0 Å². The van der Waals surface area contributed by atoms with Crippen LogP contribution in [0.15, 0.2) is 110 Å². The van der Waals surface area contributed by atoms with E-state index in [0.29, 0.717) is 57.4 Å². The lowest BCUT2D eigenvalue weighted by Crippen LogP contribution is -2.45. The third kappa shape index (κ3) is 15.1. The number of esters is 1. The molecule has 0 bridgehead atoms. The molecule has 0 saturated carbocycles. The first-order valence-electron chi connectivity index (χ1n) is 18.0. The van der Waals surface area contributed by atoms with Crippen LogP contribution in [-0.2, 0) is 43.4 Å². The van der Waals surface area contributed by atoms with Crippen molar-refractivity contribution in [2.45, 2.75) is 96.7 Å². The van der Waals surface area contributed by atoms with Gasteiger partial charge >= 0.3 is 5.97 Å². The second-order valence-electron chi connectivity index (χ2n) is 12.9. The minimum Gasteiger partial charge on any atom is -0.491 e. The molecule has 0 radical (unpaired) electrons. The Hall–Kier alpha value is -4.20. The molecule has 0 fully saturated rings. The van der Waals surface area contributed by atoms with Crippen LogP contribution < -0.4 is 4.74 Å². The molecule has 3 aromatic carbocycles. The molecule has 0 heterocycles. The summed E-state index contributed by atoms with van der Waals surface area (Å²) in [5.74, 6) is 0.570. The van der Waals surface area contributed by atoms with Gasteiger partial charge in [-0.05, 0) is 54.0 Å². The zero-order valence-electron chi connectivity index (χ0n) is 30.3. The maximum absolute atomic E-state index is 13.9. The highest BCUT2D eigenvalue weighted by Gasteiger charge is 2.30. The molecule has 0 saturated heterocycles. The number of unbranched alkanes of at least 4 members (excludes halogenated alkanes) is 1. The average molecular weight is 684 g/mol. The van der Waals surface area contributed by atoms with Crippen molar-refractivity contribution < 1.29 is 28.5 Å². The second-order valence-corrected chi connectivity index (χ2v) is 12.9. The van der Waals surface area contributed by atoms with E-state index in [9.17, 15) is 9.59 Å².